The highest BCUT2D eigenvalue weighted by Crippen LogP contribution is 2.20. The molecule has 154 valence electrons. The van der Waals surface area contributed by atoms with Crippen molar-refractivity contribution in [2.45, 2.75) is 24.2 Å². The second-order valence-corrected chi connectivity index (χ2v) is 8.42. The van der Waals surface area contributed by atoms with E-state index >= 15 is 0 Å². The van der Waals surface area contributed by atoms with E-state index in [0.29, 0.717) is 18.8 Å². The number of piperidine rings is 1. The molecule has 1 fully saturated rings. The molecule has 2 N–H and O–H groups in total. The van der Waals surface area contributed by atoms with Gasteiger partial charge >= 0.3 is 0 Å². The second-order valence-electron chi connectivity index (χ2n) is 6.48. The first-order valence-corrected chi connectivity index (χ1v) is 10.6. The van der Waals surface area contributed by atoms with Crippen molar-refractivity contribution in [3.05, 3.63) is 54.0 Å². The fourth-order valence-electron chi connectivity index (χ4n) is 2.87. The number of carbonyl (C=O) groups excluding carboxylic acids is 2. The van der Waals surface area contributed by atoms with Gasteiger partial charge < -0.3 is 9.73 Å². The summed E-state index contributed by atoms with van der Waals surface area (Å²) in [5.74, 6) is -0.517. The van der Waals surface area contributed by atoms with Gasteiger partial charge in [-0.15, -0.1) is 0 Å². The molecular weight excluding hydrogens is 396 g/mol. The molecule has 29 heavy (non-hydrogen) atoms. The first-order chi connectivity index (χ1) is 14.0. The van der Waals surface area contributed by atoms with E-state index in [4.69, 9.17) is 4.42 Å². The number of furan rings is 1. The van der Waals surface area contributed by atoms with Gasteiger partial charge in [-0.3, -0.25) is 9.59 Å². The van der Waals surface area contributed by atoms with Gasteiger partial charge in [0.15, 0.2) is 0 Å². The quantitative estimate of drug-likeness (QED) is 0.519. The molecule has 10 heteroatoms. The lowest BCUT2D eigenvalue weighted by atomic mass is 10.2. The topological polar surface area (TPSA) is 121 Å². The molecule has 2 aromatic rings. The van der Waals surface area contributed by atoms with Crippen LogP contribution < -0.4 is 10.7 Å². The fourth-order valence-corrected chi connectivity index (χ4v) is 4.38. The molecule has 2 heterocycles. The van der Waals surface area contributed by atoms with E-state index in [1.165, 1.54) is 41.0 Å². The number of hydrogen-bond acceptors (Lipinski definition) is 6. The maximum atomic E-state index is 12.6. The van der Waals surface area contributed by atoms with E-state index in [1.54, 1.807) is 12.1 Å². The Morgan fingerprint density at radius 2 is 1.83 bits per heavy atom. The molecule has 1 aliphatic rings. The van der Waals surface area contributed by atoms with Gasteiger partial charge in [0, 0.05) is 18.7 Å². The number of amides is 2. The number of hydrazone groups is 1. The number of nitrogens with zero attached hydrogens (tertiary/aromatic N) is 2. The van der Waals surface area contributed by atoms with E-state index < -0.39 is 21.8 Å². The van der Waals surface area contributed by atoms with E-state index in [0.717, 1.165) is 19.3 Å². The van der Waals surface area contributed by atoms with Crippen molar-refractivity contribution in [2.24, 2.45) is 5.10 Å². The van der Waals surface area contributed by atoms with Gasteiger partial charge in [0.1, 0.15) is 5.76 Å². The van der Waals surface area contributed by atoms with Gasteiger partial charge in [-0.25, -0.2) is 13.8 Å². The Labute approximate surface area is 168 Å². The first-order valence-electron chi connectivity index (χ1n) is 9.20. The van der Waals surface area contributed by atoms with Crippen LogP contribution in [0.1, 0.15) is 35.4 Å². The van der Waals surface area contributed by atoms with Crippen LogP contribution in [-0.4, -0.2) is 50.4 Å². The third kappa shape index (κ3) is 5.52. The molecule has 0 unspecified atom stereocenters. The monoisotopic (exact) mass is 418 g/mol. The molecular formula is C19H22N4O5S. The van der Waals surface area contributed by atoms with Crippen LogP contribution in [0.2, 0.25) is 0 Å². The molecule has 0 aliphatic carbocycles. The lowest BCUT2D eigenvalue weighted by molar-refractivity contribution is -0.120. The second kappa shape index (κ2) is 9.48. The minimum atomic E-state index is -3.55. The first kappa shape index (κ1) is 20.7. The number of hydrogen-bond donors (Lipinski definition) is 2. The normalized spacial score (nSPS) is 15.3. The largest absolute Gasteiger partial charge is 0.463 e. The van der Waals surface area contributed by atoms with E-state index in [1.807, 2.05) is 0 Å². The van der Waals surface area contributed by atoms with E-state index in [9.17, 15) is 18.0 Å². The Morgan fingerprint density at radius 1 is 1.10 bits per heavy atom. The lowest BCUT2D eigenvalue weighted by Crippen LogP contribution is -2.36. The van der Waals surface area contributed by atoms with Crippen molar-refractivity contribution in [1.29, 1.82) is 0 Å². The molecule has 3 rings (SSSR count). The minimum Gasteiger partial charge on any atom is -0.463 e. The summed E-state index contributed by atoms with van der Waals surface area (Å²) in [6.45, 7) is 0.756. The Hall–Kier alpha value is -2.98. The highest BCUT2D eigenvalue weighted by Gasteiger charge is 2.25. The van der Waals surface area contributed by atoms with E-state index in [-0.39, 0.29) is 17.0 Å². The zero-order chi connectivity index (χ0) is 20.7. The maximum absolute atomic E-state index is 12.6. The van der Waals surface area contributed by atoms with Crippen molar-refractivity contribution in [3.63, 3.8) is 0 Å². The average Bonchev–Trinajstić information content (AvgIpc) is 3.26. The van der Waals surface area contributed by atoms with Gasteiger partial charge in [0.2, 0.25) is 10.0 Å². The maximum Gasteiger partial charge on any atom is 0.259 e. The number of nitrogens with one attached hydrogen (secondary N) is 2. The number of rotatable bonds is 7. The number of benzene rings is 1. The smallest absolute Gasteiger partial charge is 0.259 e. The van der Waals surface area contributed by atoms with Crippen LogP contribution in [0.5, 0.6) is 0 Å². The minimum absolute atomic E-state index is 0.154. The zero-order valence-corrected chi connectivity index (χ0v) is 16.5. The van der Waals surface area contributed by atoms with Crippen molar-refractivity contribution in [3.8, 4) is 0 Å². The molecule has 0 saturated carbocycles. The average molecular weight is 418 g/mol. The summed E-state index contributed by atoms with van der Waals surface area (Å²) in [5.41, 5.74) is 2.52. The van der Waals surface area contributed by atoms with Crippen LogP contribution in [0.3, 0.4) is 0 Å². The summed E-state index contributed by atoms with van der Waals surface area (Å²) in [7, 11) is -3.55. The van der Waals surface area contributed by atoms with Crippen LogP contribution >= 0.6 is 0 Å². The van der Waals surface area contributed by atoms with Crippen molar-refractivity contribution >= 4 is 28.1 Å². The summed E-state index contributed by atoms with van der Waals surface area (Å²) >= 11 is 0. The highest BCUT2D eigenvalue weighted by atomic mass is 32.2. The lowest BCUT2D eigenvalue weighted by Gasteiger charge is -2.25. The van der Waals surface area contributed by atoms with Gasteiger partial charge in [0.05, 0.1) is 23.9 Å². The molecule has 1 aromatic carbocycles. The van der Waals surface area contributed by atoms with Crippen LogP contribution in [0.15, 0.2) is 57.1 Å². The van der Waals surface area contributed by atoms with Crippen LogP contribution in [0.4, 0.5) is 0 Å². The molecule has 0 spiro atoms. The molecule has 2 amide bonds. The Bertz CT molecular complexity index is 963. The van der Waals surface area contributed by atoms with Crippen molar-refractivity contribution in [1.82, 2.24) is 15.0 Å². The SMILES string of the molecule is O=C(CNC(=O)c1ccc(S(=O)(=O)N2CCCCC2)cc1)N/N=C\c1ccco1. The summed E-state index contributed by atoms with van der Waals surface area (Å²) < 4.78 is 31.7. The summed E-state index contributed by atoms with van der Waals surface area (Å²) in [6, 6.07) is 9.04. The summed E-state index contributed by atoms with van der Waals surface area (Å²) in [4.78, 5) is 24.0. The fraction of sp³-hybridized carbons (Fsp3) is 0.316. The van der Waals surface area contributed by atoms with Gasteiger partial charge in [0.25, 0.3) is 11.8 Å². The Balaban J connectivity index is 1.51. The van der Waals surface area contributed by atoms with Gasteiger partial charge in [-0.05, 0) is 49.2 Å². The van der Waals surface area contributed by atoms with Crippen LogP contribution in [-0.2, 0) is 14.8 Å². The van der Waals surface area contributed by atoms with Crippen LogP contribution in [0, 0.1) is 0 Å². The molecule has 1 aromatic heterocycles. The number of sulfonamides is 1. The summed E-state index contributed by atoms with van der Waals surface area (Å²) in [6.07, 6.45) is 5.56. The third-order valence-electron chi connectivity index (χ3n) is 4.40. The molecule has 9 nitrogen and oxygen atoms in total. The van der Waals surface area contributed by atoms with Crippen molar-refractivity contribution in [2.75, 3.05) is 19.6 Å². The van der Waals surface area contributed by atoms with Crippen LogP contribution in [0.25, 0.3) is 0 Å². The zero-order valence-electron chi connectivity index (χ0n) is 15.7. The molecule has 0 radical (unpaired) electrons. The predicted molar refractivity (Wildman–Crippen MR) is 106 cm³/mol. The van der Waals surface area contributed by atoms with Gasteiger partial charge in [-0.2, -0.15) is 9.41 Å². The molecule has 1 aliphatic heterocycles. The third-order valence-corrected chi connectivity index (χ3v) is 6.32. The Morgan fingerprint density at radius 3 is 2.48 bits per heavy atom. The highest BCUT2D eigenvalue weighted by molar-refractivity contribution is 7.89. The standard InChI is InChI=1S/C19H22N4O5S/c24-18(22-21-13-16-5-4-12-28-16)14-20-19(25)15-6-8-17(9-7-15)29(26,27)23-10-2-1-3-11-23/h4-9,12-13H,1-3,10-11,14H2,(H,20,25)(H,22,24)/b21-13-. The van der Waals surface area contributed by atoms with Gasteiger partial charge in [-0.1, -0.05) is 6.42 Å². The summed E-state index contributed by atoms with van der Waals surface area (Å²) in [5, 5.41) is 6.16. The molecule has 1 saturated heterocycles. The number of carbonyl (C=O) groups is 2. The molecule has 0 bridgehead atoms. The molecule has 0 atom stereocenters. The Kier molecular flexibility index (Phi) is 6.78. The van der Waals surface area contributed by atoms with E-state index in [2.05, 4.69) is 15.8 Å². The predicted octanol–water partition coefficient (Wildman–Crippen LogP) is 1.33. The van der Waals surface area contributed by atoms with Crippen molar-refractivity contribution < 1.29 is 22.4 Å².